The third-order valence-corrected chi connectivity index (χ3v) is 1.79. The third-order valence-electron chi connectivity index (χ3n) is 1.79. The molecule has 1 aromatic rings. The first-order chi connectivity index (χ1) is 7.63. The van der Waals surface area contributed by atoms with E-state index < -0.39 is 11.9 Å². The average molecular weight is 223 g/mol. The van der Waals surface area contributed by atoms with Gasteiger partial charge < -0.3 is 14.8 Å². The van der Waals surface area contributed by atoms with E-state index in [-0.39, 0.29) is 6.61 Å². The summed E-state index contributed by atoms with van der Waals surface area (Å²) in [6, 6.07) is 6.98. The Morgan fingerprint density at radius 1 is 1.31 bits per heavy atom. The van der Waals surface area contributed by atoms with Crippen LogP contribution in [-0.4, -0.2) is 25.6 Å². The SMILES string of the molecule is COc1ccccc1NC(=O)COC(C)=O. The molecule has 0 atom stereocenters. The molecule has 1 rings (SSSR count). The van der Waals surface area contributed by atoms with E-state index in [9.17, 15) is 9.59 Å². The lowest BCUT2D eigenvalue weighted by Crippen LogP contribution is -2.20. The van der Waals surface area contributed by atoms with Gasteiger partial charge in [-0.15, -0.1) is 0 Å². The number of amides is 1. The Bertz CT molecular complexity index is 389. The highest BCUT2D eigenvalue weighted by molar-refractivity contribution is 5.94. The number of hydrogen-bond acceptors (Lipinski definition) is 4. The number of nitrogens with one attached hydrogen (secondary N) is 1. The standard InChI is InChI=1S/C11H13NO4/c1-8(13)16-7-11(14)12-9-5-3-4-6-10(9)15-2/h3-6H,7H2,1-2H3,(H,12,14). The Balaban J connectivity index is 2.58. The van der Waals surface area contributed by atoms with Crippen molar-refractivity contribution < 1.29 is 19.1 Å². The molecule has 5 heteroatoms. The molecule has 0 spiro atoms. The van der Waals surface area contributed by atoms with Crippen molar-refractivity contribution in [1.29, 1.82) is 0 Å². The van der Waals surface area contributed by atoms with Crippen LogP contribution in [0.2, 0.25) is 0 Å². The van der Waals surface area contributed by atoms with E-state index in [0.717, 1.165) is 0 Å². The minimum atomic E-state index is -0.491. The highest BCUT2D eigenvalue weighted by Gasteiger charge is 2.07. The van der Waals surface area contributed by atoms with Crippen LogP contribution in [0, 0.1) is 0 Å². The molecule has 0 aliphatic carbocycles. The first-order valence-corrected chi connectivity index (χ1v) is 4.69. The van der Waals surface area contributed by atoms with Crippen molar-refractivity contribution in [2.24, 2.45) is 0 Å². The Labute approximate surface area is 93.4 Å². The summed E-state index contributed by atoms with van der Waals surface area (Å²) in [5.74, 6) is -0.339. The second-order valence-electron chi connectivity index (χ2n) is 3.03. The second kappa shape index (κ2) is 5.75. The first kappa shape index (κ1) is 12.0. The molecule has 5 nitrogen and oxygen atoms in total. The molecular weight excluding hydrogens is 210 g/mol. The normalized spacial score (nSPS) is 9.38. The number of ether oxygens (including phenoxy) is 2. The summed E-state index contributed by atoms with van der Waals surface area (Å²) >= 11 is 0. The molecular formula is C11H13NO4. The minimum absolute atomic E-state index is 0.298. The Hall–Kier alpha value is -2.04. The lowest BCUT2D eigenvalue weighted by Gasteiger charge is -2.09. The van der Waals surface area contributed by atoms with Gasteiger partial charge in [0.2, 0.25) is 0 Å². The van der Waals surface area contributed by atoms with Crippen molar-refractivity contribution in [2.45, 2.75) is 6.92 Å². The van der Waals surface area contributed by atoms with Gasteiger partial charge in [0.1, 0.15) is 5.75 Å². The molecule has 0 unspecified atom stereocenters. The molecule has 0 aliphatic rings. The van der Waals surface area contributed by atoms with Gasteiger partial charge >= 0.3 is 5.97 Å². The monoisotopic (exact) mass is 223 g/mol. The maximum absolute atomic E-state index is 11.3. The molecule has 0 saturated heterocycles. The van der Waals surface area contributed by atoms with Gasteiger partial charge in [-0.25, -0.2) is 0 Å². The fourth-order valence-electron chi connectivity index (χ4n) is 1.10. The van der Waals surface area contributed by atoms with E-state index in [2.05, 4.69) is 10.1 Å². The summed E-state index contributed by atoms with van der Waals surface area (Å²) in [6.07, 6.45) is 0. The summed E-state index contributed by atoms with van der Waals surface area (Å²) in [5, 5.41) is 2.58. The zero-order chi connectivity index (χ0) is 12.0. The molecule has 1 aromatic carbocycles. The number of esters is 1. The number of anilines is 1. The van der Waals surface area contributed by atoms with Crippen LogP contribution < -0.4 is 10.1 Å². The van der Waals surface area contributed by atoms with Crippen LogP contribution in [-0.2, 0) is 14.3 Å². The maximum Gasteiger partial charge on any atom is 0.303 e. The van der Waals surface area contributed by atoms with Crippen molar-refractivity contribution in [1.82, 2.24) is 0 Å². The number of para-hydroxylation sites is 2. The van der Waals surface area contributed by atoms with Crippen LogP contribution in [0.3, 0.4) is 0 Å². The van der Waals surface area contributed by atoms with Gasteiger partial charge in [-0.05, 0) is 12.1 Å². The summed E-state index contributed by atoms with van der Waals surface area (Å²) in [7, 11) is 1.51. The van der Waals surface area contributed by atoms with Crippen LogP contribution in [0.15, 0.2) is 24.3 Å². The lowest BCUT2D eigenvalue weighted by molar-refractivity contribution is -0.144. The molecule has 1 N–H and O–H groups in total. The predicted octanol–water partition coefficient (Wildman–Crippen LogP) is 1.20. The molecule has 1 amide bonds. The Morgan fingerprint density at radius 2 is 2.00 bits per heavy atom. The Morgan fingerprint density at radius 3 is 2.62 bits per heavy atom. The van der Waals surface area contributed by atoms with Crippen LogP contribution >= 0.6 is 0 Å². The van der Waals surface area contributed by atoms with E-state index in [1.165, 1.54) is 14.0 Å². The van der Waals surface area contributed by atoms with E-state index in [0.29, 0.717) is 11.4 Å². The van der Waals surface area contributed by atoms with Gasteiger partial charge in [0.25, 0.3) is 5.91 Å². The number of benzene rings is 1. The van der Waals surface area contributed by atoms with Crippen molar-refractivity contribution in [3.8, 4) is 5.75 Å². The van der Waals surface area contributed by atoms with E-state index in [4.69, 9.17) is 4.74 Å². The summed E-state index contributed by atoms with van der Waals surface area (Å²) in [6.45, 7) is 0.948. The maximum atomic E-state index is 11.3. The van der Waals surface area contributed by atoms with Gasteiger partial charge in [0, 0.05) is 6.92 Å². The van der Waals surface area contributed by atoms with Gasteiger partial charge in [-0.2, -0.15) is 0 Å². The van der Waals surface area contributed by atoms with Crippen LogP contribution in [0.25, 0.3) is 0 Å². The first-order valence-electron chi connectivity index (χ1n) is 4.69. The molecule has 0 fully saturated rings. The number of hydrogen-bond donors (Lipinski definition) is 1. The lowest BCUT2D eigenvalue weighted by atomic mass is 10.3. The minimum Gasteiger partial charge on any atom is -0.495 e. The number of methoxy groups -OCH3 is 1. The predicted molar refractivity (Wildman–Crippen MR) is 58.3 cm³/mol. The highest BCUT2D eigenvalue weighted by atomic mass is 16.5. The molecule has 0 aromatic heterocycles. The Kier molecular flexibility index (Phi) is 4.32. The van der Waals surface area contributed by atoms with Crippen LogP contribution in [0.5, 0.6) is 5.75 Å². The van der Waals surface area contributed by atoms with Crippen LogP contribution in [0.4, 0.5) is 5.69 Å². The zero-order valence-electron chi connectivity index (χ0n) is 9.15. The molecule has 0 saturated carbocycles. The number of carbonyl (C=O) groups is 2. The molecule has 0 heterocycles. The van der Waals surface area contributed by atoms with Gasteiger partial charge in [-0.3, -0.25) is 9.59 Å². The van der Waals surface area contributed by atoms with E-state index in [1.54, 1.807) is 24.3 Å². The highest BCUT2D eigenvalue weighted by Crippen LogP contribution is 2.22. The summed E-state index contributed by atoms with van der Waals surface area (Å²) in [5.41, 5.74) is 0.544. The second-order valence-corrected chi connectivity index (χ2v) is 3.03. The third kappa shape index (κ3) is 3.61. The molecule has 0 aliphatic heterocycles. The van der Waals surface area contributed by atoms with Crippen molar-refractivity contribution in [2.75, 3.05) is 19.0 Å². The number of carbonyl (C=O) groups excluding carboxylic acids is 2. The molecule has 16 heavy (non-hydrogen) atoms. The fraction of sp³-hybridized carbons (Fsp3) is 0.273. The smallest absolute Gasteiger partial charge is 0.303 e. The molecule has 0 radical (unpaired) electrons. The average Bonchev–Trinajstić information content (AvgIpc) is 2.27. The topological polar surface area (TPSA) is 64.6 Å². The molecule has 0 bridgehead atoms. The van der Waals surface area contributed by atoms with Crippen molar-refractivity contribution >= 4 is 17.6 Å². The van der Waals surface area contributed by atoms with Crippen LogP contribution in [0.1, 0.15) is 6.92 Å². The largest absolute Gasteiger partial charge is 0.495 e. The quantitative estimate of drug-likeness (QED) is 0.779. The van der Waals surface area contributed by atoms with E-state index in [1.807, 2.05) is 0 Å². The van der Waals surface area contributed by atoms with Crippen molar-refractivity contribution in [3.05, 3.63) is 24.3 Å². The van der Waals surface area contributed by atoms with Gasteiger partial charge in [0.15, 0.2) is 6.61 Å². The number of rotatable bonds is 4. The summed E-state index contributed by atoms with van der Waals surface area (Å²) < 4.78 is 9.61. The van der Waals surface area contributed by atoms with E-state index >= 15 is 0 Å². The zero-order valence-corrected chi connectivity index (χ0v) is 9.15. The van der Waals surface area contributed by atoms with Gasteiger partial charge in [-0.1, -0.05) is 12.1 Å². The fourth-order valence-corrected chi connectivity index (χ4v) is 1.10. The van der Waals surface area contributed by atoms with Crippen molar-refractivity contribution in [3.63, 3.8) is 0 Å². The van der Waals surface area contributed by atoms with Gasteiger partial charge in [0.05, 0.1) is 12.8 Å². The summed E-state index contributed by atoms with van der Waals surface area (Å²) in [4.78, 5) is 21.8. The molecule has 86 valence electrons.